The maximum absolute atomic E-state index is 13.3. The first-order valence-electron chi connectivity index (χ1n) is 19.9. The van der Waals surface area contributed by atoms with Crippen LogP contribution in [0, 0.1) is 16.7 Å². The van der Waals surface area contributed by atoms with Crippen LogP contribution >= 0.6 is 0 Å². The van der Waals surface area contributed by atoms with E-state index in [1.54, 1.807) is 39.8 Å². The molecule has 0 aromatic heterocycles. The highest BCUT2D eigenvalue weighted by Gasteiger charge is 2.58. The lowest BCUT2D eigenvalue weighted by Crippen LogP contribution is -2.62. The van der Waals surface area contributed by atoms with E-state index in [4.69, 9.17) is 33.2 Å². The van der Waals surface area contributed by atoms with Crippen LogP contribution in [0.15, 0.2) is 35.5 Å². The van der Waals surface area contributed by atoms with E-state index in [1.165, 1.54) is 33.3 Å². The summed E-state index contributed by atoms with van der Waals surface area (Å²) in [6.45, 7) is 12.2. The Morgan fingerprint density at radius 1 is 0.860 bits per heavy atom. The van der Waals surface area contributed by atoms with Crippen molar-refractivity contribution >= 4 is 23.9 Å². The van der Waals surface area contributed by atoms with Crippen molar-refractivity contribution in [3.05, 3.63) is 35.5 Å². The number of esters is 4. The normalized spacial score (nSPS) is 37.4. The fourth-order valence-electron chi connectivity index (χ4n) is 8.07. The number of carbonyl (C=O) groups is 4. The molecule has 4 rings (SSSR count). The fourth-order valence-corrected chi connectivity index (χ4v) is 8.07. The van der Waals surface area contributed by atoms with E-state index in [-0.39, 0.29) is 63.7 Å². The first-order valence-corrected chi connectivity index (χ1v) is 19.9. The molecular weight excluding hydrogens is 744 g/mol. The lowest BCUT2D eigenvalue weighted by molar-refractivity contribution is -0.348. The predicted octanol–water partition coefficient (Wildman–Crippen LogP) is 3.87. The monoisotopic (exact) mass is 808 g/mol. The van der Waals surface area contributed by atoms with Gasteiger partial charge in [0.15, 0.2) is 11.6 Å². The van der Waals surface area contributed by atoms with Gasteiger partial charge in [0, 0.05) is 56.1 Å². The van der Waals surface area contributed by atoms with E-state index in [2.05, 4.69) is 0 Å². The number of hydrogen-bond acceptors (Lipinski definition) is 15. The van der Waals surface area contributed by atoms with Crippen LogP contribution in [-0.2, 0) is 52.3 Å². The van der Waals surface area contributed by atoms with Crippen LogP contribution in [0.4, 0.5) is 0 Å². The molecule has 57 heavy (non-hydrogen) atoms. The topological polar surface area (TPSA) is 214 Å². The Bertz CT molecular complexity index is 1540. The van der Waals surface area contributed by atoms with Gasteiger partial charge >= 0.3 is 23.9 Å². The molecule has 15 nitrogen and oxygen atoms in total. The number of cyclic esters (lactones) is 1. The van der Waals surface area contributed by atoms with Crippen molar-refractivity contribution < 1.29 is 72.8 Å². The molecule has 6 bridgehead atoms. The van der Waals surface area contributed by atoms with Crippen LogP contribution in [0.25, 0.3) is 0 Å². The van der Waals surface area contributed by atoms with Gasteiger partial charge < -0.3 is 53.6 Å². The number of aliphatic hydroxyl groups excluding tert-OH is 2. The zero-order valence-electron chi connectivity index (χ0n) is 34.9. The number of fused-ring (bicyclic) bond motifs is 6. The van der Waals surface area contributed by atoms with Crippen LogP contribution in [-0.4, -0.2) is 119 Å². The number of hydrogen-bond donors (Lipinski definition) is 4. The Labute approximate surface area is 335 Å². The number of carbonyl (C=O) groups excluding carboxylic acids is 4. The minimum Gasteiger partial charge on any atom is -0.466 e. The predicted molar refractivity (Wildman–Crippen MR) is 204 cm³/mol. The lowest BCUT2D eigenvalue weighted by Gasteiger charge is -2.53. The third kappa shape index (κ3) is 12.0. The fraction of sp³-hybridized carbons (Fsp3) is 0.762. The SMILES string of the molecule is COC(=O)/C=C1/C[C@H]2C[C@]3(O)O[C@H](C[C@@H](O)CC(=O)O[C@@H]([C@@H](C)O)C[C@@H]4C/C(=C\C(=O)OC)C[C@@](O)(O4)C(C)(C)/C=C/[C@@H](C1)O2)C[C@H](OC(=O)CC(C)C)C3(C)C. The standard InChI is InChI=1S/C42H64O15/c1-24(2)12-37(47)55-34-21-31-18-28(44)19-38(48)54-33(25(3)43)20-30-15-27(17-36(46)52-9)22-41(49,56-30)39(4,5)11-10-29-13-26(16-35(45)51-8)14-32(53-29)23-42(50,57-31)40(34,6)7/h10-11,16-17,24-25,28-34,43-44,49-50H,12-15,18-23H2,1-9H3/b11-10+,26-16+,27-17+/t25-,28-,29+,30+,31-,32+,33-,34+,41-,42+/m1/s1. The molecule has 0 unspecified atom stereocenters. The number of methoxy groups -OCH3 is 2. The van der Waals surface area contributed by atoms with E-state index >= 15 is 0 Å². The van der Waals surface area contributed by atoms with Gasteiger partial charge in [0.25, 0.3) is 0 Å². The molecule has 15 heteroatoms. The van der Waals surface area contributed by atoms with Crippen LogP contribution in [0.5, 0.6) is 0 Å². The second-order valence-corrected chi connectivity index (χ2v) is 17.7. The van der Waals surface area contributed by atoms with Gasteiger partial charge in [-0.1, -0.05) is 64.8 Å². The minimum atomic E-state index is -1.99. The highest BCUT2D eigenvalue weighted by molar-refractivity contribution is 5.83. The van der Waals surface area contributed by atoms with Crippen molar-refractivity contribution in [2.24, 2.45) is 16.7 Å². The first kappa shape index (κ1) is 46.5. The van der Waals surface area contributed by atoms with Crippen molar-refractivity contribution in [3.8, 4) is 0 Å². The zero-order valence-corrected chi connectivity index (χ0v) is 34.9. The Hall–Kier alpha value is -3.18. The molecule has 322 valence electrons. The molecule has 4 aliphatic rings. The first-order chi connectivity index (χ1) is 26.5. The zero-order chi connectivity index (χ0) is 42.5. The number of ether oxygens (including phenoxy) is 7. The Balaban J connectivity index is 1.80. The molecule has 0 aliphatic carbocycles. The molecule has 4 N–H and O–H groups in total. The number of aliphatic hydroxyl groups is 4. The average molecular weight is 809 g/mol. The second-order valence-electron chi connectivity index (χ2n) is 17.7. The van der Waals surface area contributed by atoms with Gasteiger partial charge in [-0.25, -0.2) is 9.59 Å². The molecule has 10 atom stereocenters. The molecule has 0 spiro atoms. The molecule has 0 amide bonds. The summed E-state index contributed by atoms with van der Waals surface area (Å²) < 4.78 is 40.8. The summed E-state index contributed by atoms with van der Waals surface area (Å²) in [5, 5.41) is 46.7. The van der Waals surface area contributed by atoms with Gasteiger partial charge in [-0.2, -0.15) is 0 Å². The highest BCUT2D eigenvalue weighted by Crippen LogP contribution is 2.50. The van der Waals surface area contributed by atoms with Crippen LogP contribution in [0.1, 0.15) is 113 Å². The number of rotatable bonds is 6. The van der Waals surface area contributed by atoms with Crippen LogP contribution < -0.4 is 0 Å². The summed E-state index contributed by atoms with van der Waals surface area (Å²) in [5.41, 5.74) is -1.16. The largest absolute Gasteiger partial charge is 0.466 e. The van der Waals surface area contributed by atoms with Crippen LogP contribution in [0.3, 0.4) is 0 Å². The van der Waals surface area contributed by atoms with Crippen molar-refractivity contribution in [2.45, 2.75) is 173 Å². The summed E-state index contributed by atoms with van der Waals surface area (Å²) in [6.07, 6.45) is -1.37. The molecule has 4 heterocycles. The lowest BCUT2D eigenvalue weighted by atomic mass is 9.70. The Morgan fingerprint density at radius 3 is 2.09 bits per heavy atom. The van der Waals surface area contributed by atoms with E-state index in [9.17, 15) is 39.6 Å². The molecule has 0 aromatic rings. The summed E-state index contributed by atoms with van der Waals surface area (Å²) in [6, 6.07) is 0. The van der Waals surface area contributed by atoms with Gasteiger partial charge in [0.2, 0.25) is 0 Å². The summed E-state index contributed by atoms with van der Waals surface area (Å²) in [7, 11) is 2.52. The van der Waals surface area contributed by atoms with Gasteiger partial charge in [-0.05, 0) is 32.1 Å². The smallest absolute Gasteiger partial charge is 0.330 e. The minimum absolute atomic E-state index is 0.0182. The van der Waals surface area contributed by atoms with E-state index in [1.807, 2.05) is 13.8 Å². The quantitative estimate of drug-likeness (QED) is 0.130. The van der Waals surface area contributed by atoms with E-state index in [0.29, 0.717) is 11.1 Å². The van der Waals surface area contributed by atoms with Crippen molar-refractivity contribution in [2.75, 3.05) is 14.2 Å². The Morgan fingerprint density at radius 2 is 1.47 bits per heavy atom. The molecule has 0 saturated carbocycles. The molecular formula is C42H64O15. The van der Waals surface area contributed by atoms with Crippen molar-refractivity contribution in [3.63, 3.8) is 0 Å². The van der Waals surface area contributed by atoms with Gasteiger partial charge in [0.05, 0.1) is 62.7 Å². The van der Waals surface area contributed by atoms with Gasteiger partial charge in [-0.15, -0.1) is 0 Å². The van der Waals surface area contributed by atoms with Gasteiger partial charge in [0.1, 0.15) is 12.2 Å². The summed E-state index contributed by atoms with van der Waals surface area (Å²) in [5.74, 6) is -6.35. The van der Waals surface area contributed by atoms with Crippen LogP contribution in [0.2, 0.25) is 0 Å². The maximum Gasteiger partial charge on any atom is 0.330 e. The molecule has 0 radical (unpaired) electrons. The molecule has 0 aromatic carbocycles. The maximum atomic E-state index is 13.3. The molecule has 4 aliphatic heterocycles. The van der Waals surface area contributed by atoms with E-state index in [0.717, 1.165) is 0 Å². The van der Waals surface area contributed by atoms with Crippen molar-refractivity contribution in [1.82, 2.24) is 0 Å². The summed E-state index contributed by atoms with van der Waals surface area (Å²) in [4.78, 5) is 51.2. The van der Waals surface area contributed by atoms with E-state index < -0.39 is 102 Å². The Kier molecular flexibility index (Phi) is 15.4. The molecule has 3 fully saturated rings. The van der Waals surface area contributed by atoms with Gasteiger partial charge in [-0.3, -0.25) is 9.59 Å². The summed E-state index contributed by atoms with van der Waals surface area (Å²) >= 11 is 0. The molecule has 3 saturated heterocycles. The average Bonchev–Trinajstić information content (AvgIpc) is 3.08. The van der Waals surface area contributed by atoms with Crippen molar-refractivity contribution in [1.29, 1.82) is 0 Å². The third-order valence-corrected chi connectivity index (χ3v) is 11.7. The second kappa shape index (κ2) is 18.8. The highest BCUT2D eigenvalue weighted by atomic mass is 16.6. The third-order valence-electron chi connectivity index (χ3n) is 11.7.